The maximum atomic E-state index is 4.98. The van der Waals surface area contributed by atoms with Gasteiger partial charge in [-0.05, 0) is 0 Å². The van der Waals surface area contributed by atoms with Crippen LogP contribution < -0.4 is 0 Å². The zero-order valence-corrected chi connectivity index (χ0v) is 12.2. The summed E-state index contributed by atoms with van der Waals surface area (Å²) in [5, 5.41) is 0. The molecule has 0 amide bonds. The van der Waals surface area contributed by atoms with Gasteiger partial charge in [0.05, 0.1) is 0 Å². The Morgan fingerprint density at radius 1 is 0.857 bits per heavy atom. The summed E-state index contributed by atoms with van der Waals surface area (Å²) in [5.41, 5.74) is 0. The minimum atomic E-state index is -1.98. The molecule has 0 aliphatic carbocycles. The van der Waals surface area contributed by atoms with Crippen molar-refractivity contribution in [3.05, 3.63) is 13.2 Å². The summed E-state index contributed by atoms with van der Waals surface area (Å²) >= 11 is -1.98. The Balaban J connectivity index is 0.000000183. The summed E-state index contributed by atoms with van der Waals surface area (Å²) < 4.78 is 9.64. The monoisotopic (exact) mass is 405 g/mol. The Kier molecular flexibility index (Phi) is 15.2. The van der Waals surface area contributed by atoms with Crippen LogP contribution in [0.25, 0.3) is 0 Å². The second-order valence-corrected chi connectivity index (χ2v) is 12.5. The summed E-state index contributed by atoms with van der Waals surface area (Å²) in [6.45, 7) is 5.61. The Bertz CT molecular complexity index is 80.8. The number of hydrogen-bond acceptors (Lipinski definition) is 2. The molecule has 0 saturated carbocycles. The van der Waals surface area contributed by atoms with E-state index in [4.69, 9.17) is 27.4 Å². The zero-order valence-electron chi connectivity index (χ0n) is 7.70. The molecule has 2 fully saturated rings. The first-order valence-corrected chi connectivity index (χ1v) is 12.8. The summed E-state index contributed by atoms with van der Waals surface area (Å²) in [4.78, 5) is 0. The van der Waals surface area contributed by atoms with E-state index < -0.39 is 29.2 Å². The predicted molar refractivity (Wildman–Crippen MR) is 56.5 cm³/mol. The molecule has 0 aromatic carbocycles. The van der Waals surface area contributed by atoms with Crippen molar-refractivity contribution < 1.29 is 38.7 Å². The van der Waals surface area contributed by atoms with Crippen molar-refractivity contribution in [3.63, 3.8) is 0 Å². The van der Waals surface area contributed by atoms with Gasteiger partial charge in [0.2, 0.25) is 0 Å². The normalized spacial score (nSPS) is 20.4. The average molecular weight is 406 g/mol. The van der Waals surface area contributed by atoms with E-state index in [0.717, 1.165) is 26.1 Å². The molecular formula is C8H14Cl3GdO2-2. The van der Waals surface area contributed by atoms with Gasteiger partial charge in [0.1, 0.15) is 0 Å². The van der Waals surface area contributed by atoms with E-state index in [1.807, 2.05) is 13.2 Å². The quantitative estimate of drug-likeness (QED) is 0.567. The van der Waals surface area contributed by atoms with Gasteiger partial charge in [0, 0.05) is 13.2 Å². The van der Waals surface area contributed by atoms with E-state index >= 15 is 0 Å². The van der Waals surface area contributed by atoms with Crippen LogP contribution in [0.1, 0.15) is 25.7 Å². The number of ether oxygens (including phenoxy) is 2. The fraction of sp³-hybridized carbons (Fsp3) is 0.750. The molecule has 0 aromatic heterocycles. The van der Waals surface area contributed by atoms with E-state index in [0.29, 0.717) is 0 Å². The van der Waals surface area contributed by atoms with Gasteiger partial charge in [-0.1, -0.05) is 12.8 Å². The molecule has 6 heteroatoms. The Morgan fingerprint density at radius 3 is 1.29 bits per heavy atom. The SMILES string of the molecule is [CH-]1CCCO1.[CH-]1CCCO1.[Cl][Gd]([Cl])[Cl]. The molecular weight excluding hydrogens is 392 g/mol. The van der Waals surface area contributed by atoms with E-state index in [-0.39, 0.29) is 0 Å². The molecule has 0 radical (unpaired) electrons. The van der Waals surface area contributed by atoms with Crippen molar-refractivity contribution >= 4 is 17.9 Å². The van der Waals surface area contributed by atoms with Crippen LogP contribution in [0.15, 0.2) is 0 Å². The predicted octanol–water partition coefficient (Wildman–Crippen LogP) is 3.99. The molecule has 0 spiro atoms. The molecule has 2 nitrogen and oxygen atoms in total. The van der Waals surface area contributed by atoms with Crippen LogP contribution in [0, 0.1) is 42.4 Å². The third-order valence-electron chi connectivity index (χ3n) is 1.40. The Morgan fingerprint density at radius 2 is 1.21 bits per heavy atom. The molecule has 89 valence electrons. The van der Waals surface area contributed by atoms with Crippen molar-refractivity contribution in [1.29, 1.82) is 0 Å². The van der Waals surface area contributed by atoms with Gasteiger partial charge >= 0.3 is 47.1 Å². The second-order valence-electron chi connectivity index (χ2n) is 2.51. The summed E-state index contributed by atoms with van der Waals surface area (Å²) in [6.07, 6.45) is 4.75. The van der Waals surface area contributed by atoms with Crippen LogP contribution in [0.3, 0.4) is 0 Å². The van der Waals surface area contributed by atoms with Crippen molar-refractivity contribution in [2.45, 2.75) is 25.7 Å². The van der Waals surface area contributed by atoms with Crippen LogP contribution in [0.4, 0.5) is 0 Å². The van der Waals surface area contributed by atoms with Crippen LogP contribution in [-0.2, 0) is 9.47 Å². The van der Waals surface area contributed by atoms with Gasteiger partial charge in [-0.25, -0.2) is 13.2 Å². The van der Waals surface area contributed by atoms with E-state index in [1.165, 1.54) is 12.8 Å². The van der Waals surface area contributed by atoms with Crippen LogP contribution in [0.5, 0.6) is 0 Å². The molecule has 2 heterocycles. The maximum absolute atomic E-state index is 4.98. The van der Waals surface area contributed by atoms with Gasteiger partial charge in [-0.3, -0.25) is 0 Å². The first-order chi connectivity index (χ1) is 6.73. The third-order valence-corrected chi connectivity index (χ3v) is 1.40. The Labute approximate surface area is 107 Å². The minimum absolute atomic E-state index is 0.944. The summed E-state index contributed by atoms with van der Waals surface area (Å²) in [7, 11) is 0. The topological polar surface area (TPSA) is 18.5 Å². The summed E-state index contributed by atoms with van der Waals surface area (Å²) in [5.74, 6) is 14.9. The fourth-order valence-electron chi connectivity index (χ4n) is 0.833. The van der Waals surface area contributed by atoms with Crippen LogP contribution >= 0.6 is 17.9 Å². The Hall–Kier alpha value is 2.11. The first-order valence-electron chi connectivity index (χ1n) is 4.27. The molecule has 2 aliphatic heterocycles. The van der Waals surface area contributed by atoms with Crippen molar-refractivity contribution in [1.82, 2.24) is 0 Å². The average Bonchev–Trinajstić information content (AvgIpc) is 2.83. The molecule has 0 aromatic rings. The van der Waals surface area contributed by atoms with Crippen LogP contribution in [-0.4, -0.2) is 13.2 Å². The van der Waals surface area contributed by atoms with Gasteiger partial charge in [-0.15, -0.1) is 0 Å². The second kappa shape index (κ2) is 13.2. The van der Waals surface area contributed by atoms with Crippen molar-refractivity contribution in [3.8, 4) is 0 Å². The molecule has 2 saturated heterocycles. The van der Waals surface area contributed by atoms with Crippen molar-refractivity contribution in [2.75, 3.05) is 13.2 Å². The number of halogens is 3. The number of rotatable bonds is 0. The molecule has 14 heavy (non-hydrogen) atoms. The fourth-order valence-corrected chi connectivity index (χ4v) is 0.833. The van der Waals surface area contributed by atoms with Crippen LogP contribution in [0.2, 0.25) is 0 Å². The molecule has 0 unspecified atom stereocenters. The van der Waals surface area contributed by atoms with E-state index in [9.17, 15) is 0 Å². The van der Waals surface area contributed by atoms with Gasteiger partial charge < -0.3 is 9.47 Å². The van der Waals surface area contributed by atoms with Gasteiger partial charge in [-0.2, -0.15) is 12.8 Å². The molecule has 0 bridgehead atoms. The van der Waals surface area contributed by atoms with Crippen molar-refractivity contribution in [2.24, 2.45) is 0 Å². The molecule has 0 N–H and O–H groups in total. The number of hydrogen-bond donors (Lipinski definition) is 0. The van der Waals surface area contributed by atoms with E-state index in [2.05, 4.69) is 0 Å². The standard InChI is InChI=1S/2C4H7O.3ClH.Gd/c2*1-2-4-5-3-1;;;;/h2*3H,1-2,4H2;3*1H;/q2*-1;;;;+3/p-3. The third kappa shape index (κ3) is 16.5. The first kappa shape index (κ1) is 16.1. The van der Waals surface area contributed by atoms with E-state index in [1.54, 1.807) is 0 Å². The van der Waals surface area contributed by atoms with Gasteiger partial charge in [0.15, 0.2) is 0 Å². The zero-order chi connectivity index (χ0) is 10.6. The molecule has 0 atom stereocenters. The molecule has 2 rings (SSSR count). The molecule has 2 aliphatic rings. The van der Waals surface area contributed by atoms with Gasteiger partial charge in [0.25, 0.3) is 0 Å². The summed E-state index contributed by atoms with van der Waals surface area (Å²) in [6, 6.07) is 0.